The molecule has 0 bridgehead atoms. The van der Waals surface area contributed by atoms with E-state index in [1.54, 1.807) is 0 Å². The molecule has 1 aromatic heterocycles. The van der Waals surface area contributed by atoms with E-state index in [1.807, 2.05) is 0 Å². The number of hydrogen-bond acceptors (Lipinski definition) is 5. The van der Waals surface area contributed by atoms with E-state index in [0.717, 1.165) is 12.1 Å². The average molecular weight is 353 g/mol. The van der Waals surface area contributed by atoms with Crippen molar-refractivity contribution in [3.05, 3.63) is 41.1 Å². The van der Waals surface area contributed by atoms with Gasteiger partial charge in [-0.3, -0.25) is 10.1 Å². The minimum Gasteiger partial charge on any atom is -0.298 e. The number of thiazole rings is 1. The van der Waals surface area contributed by atoms with Crippen molar-refractivity contribution >= 4 is 42.1 Å². The number of halogens is 3. The number of aryl methyl sites for hydroxylation is 1. The van der Waals surface area contributed by atoms with Crippen LogP contribution in [0.25, 0.3) is 0 Å². The molecule has 1 amide bonds. The Balaban J connectivity index is 2.28. The number of hydrogen-bond donors (Lipinski definition) is 1. The normalized spacial score (nSPS) is 11.4. The molecule has 1 N–H and O–H groups in total. The molecule has 1 heterocycles. The molecular weight excluding hydrogens is 346 g/mol. The average Bonchev–Trinajstić information content (AvgIpc) is 2.69. The molecule has 0 fully saturated rings. The van der Waals surface area contributed by atoms with Crippen LogP contribution in [-0.2, 0) is 9.05 Å². The Morgan fingerprint density at radius 3 is 2.57 bits per heavy atom. The minimum atomic E-state index is -3.97. The molecule has 0 aliphatic rings. The molecule has 0 radical (unpaired) electrons. The van der Waals surface area contributed by atoms with Crippen LogP contribution in [0, 0.1) is 18.6 Å². The van der Waals surface area contributed by atoms with E-state index < -0.39 is 26.6 Å². The first-order valence-corrected chi connectivity index (χ1v) is 8.49. The highest BCUT2D eigenvalue weighted by atomic mass is 35.7. The number of carbonyl (C=O) groups is 1. The fourth-order valence-corrected chi connectivity index (χ4v) is 3.85. The summed E-state index contributed by atoms with van der Waals surface area (Å²) in [6.07, 6.45) is 0. The highest BCUT2D eigenvalue weighted by Gasteiger charge is 2.21. The summed E-state index contributed by atoms with van der Waals surface area (Å²) in [5, 5.41) is 2.18. The Morgan fingerprint density at radius 1 is 1.38 bits per heavy atom. The number of benzene rings is 1. The van der Waals surface area contributed by atoms with E-state index in [4.69, 9.17) is 10.7 Å². The maximum absolute atomic E-state index is 13.4. The number of amides is 1. The van der Waals surface area contributed by atoms with Crippen LogP contribution in [0.1, 0.15) is 16.1 Å². The van der Waals surface area contributed by atoms with Crippen LogP contribution in [0.3, 0.4) is 0 Å². The van der Waals surface area contributed by atoms with Crippen molar-refractivity contribution in [1.29, 1.82) is 0 Å². The summed E-state index contributed by atoms with van der Waals surface area (Å²) >= 11 is 0.639. The van der Waals surface area contributed by atoms with Gasteiger partial charge >= 0.3 is 0 Å². The van der Waals surface area contributed by atoms with Crippen LogP contribution in [0.15, 0.2) is 22.4 Å². The van der Waals surface area contributed by atoms with Crippen molar-refractivity contribution in [2.45, 2.75) is 11.1 Å². The number of anilines is 1. The lowest BCUT2D eigenvalue weighted by Gasteiger charge is -2.02. The van der Waals surface area contributed by atoms with Crippen molar-refractivity contribution in [3.63, 3.8) is 0 Å². The second kappa shape index (κ2) is 5.66. The molecule has 0 aliphatic carbocycles. The second-order valence-corrected chi connectivity index (χ2v) is 7.67. The predicted octanol–water partition coefficient (Wildman–Crippen LogP) is 2.91. The van der Waals surface area contributed by atoms with Gasteiger partial charge in [0.1, 0.15) is 11.6 Å². The standard InChI is InChI=1S/C11H7ClF2N2O3S2/c1-5-10(21(12,18)19)20-11(15-5)16-9(17)7-3-2-6(13)4-8(7)14/h2-4H,1H3,(H,15,16,17). The maximum atomic E-state index is 13.4. The molecule has 0 saturated carbocycles. The van der Waals surface area contributed by atoms with Crippen molar-refractivity contribution in [1.82, 2.24) is 4.98 Å². The van der Waals surface area contributed by atoms with Gasteiger partial charge in [0.05, 0.1) is 11.3 Å². The first-order valence-electron chi connectivity index (χ1n) is 5.37. The third kappa shape index (κ3) is 3.55. The zero-order chi connectivity index (χ0) is 15.8. The maximum Gasteiger partial charge on any atom is 0.272 e. The minimum absolute atomic E-state index is 0.0551. The predicted molar refractivity (Wildman–Crippen MR) is 74.2 cm³/mol. The molecule has 2 aromatic rings. The number of nitrogens with one attached hydrogen (secondary N) is 1. The van der Waals surface area contributed by atoms with Crippen molar-refractivity contribution in [3.8, 4) is 0 Å². The molecule has 21 heavy (non-hydrogen) atoms. The summed E-state index contributed by atoms with van der Waals surface area (Å²) in [4.78, 5) is 15.6. The number of carbonyl (C=O) groups excluding carboxylic acids is 1. The van der Waals surface area contributed by atoms with Gasteiger partial charge in [0.2, 0.25) is 0 Å². The van der Waals surface area contributed by atoms with Gasteiger partial charge in [-0.1, -0.05) is 11.3 Å². The molecule has 1 aromatic carbocycles. The summed E-state index contributed by atoms with van der Waals surface area (Å²) in [6.45, 7) is 1.40. The number of rotatable bonds is 3. The first kappa shape index (κ1) is 15.8. The Kier molecular flexibility index (Phi) is 4.26. The topological polar surface area (TPSA) is 76.1 Å². The Bertz CT molecular complexity index is 821. The van der Waals surface area contributed by atoms with Crippen molar-refractivity contribution in [2.75, 3.05) is 5.32 Å². The summed E-state index contributed by atoms with van der Waals surface area (Å²) in [6, 6.07) is 2.47. The molecule has 0 atom stereocenters. The summed E-state index contributed by atoms with van der Waals surface area (Å²) in [5.41, 5.74) is -0.274. The van der Waals surface area contributed by atoms with Gasteiger partial charge in [0.15, 0.2) is 9.34 Å². The Labute approximate surface area is 127 Å². The lowest BCUT2D eigenvalue weighted by molar-refractivity contribution is 0.102. The third-order valence-electron chi connectivity index (χ3n) is 2.37. The summed E-state index contributed by atoms with van der Waals surface area (Å²) in [7, 11) is 1.23. The largest absolute Gasteiger partial charge is 0.298 e. The number of aromatic nitrogens is 1. The molecule has 10 heteroatoms. The van der Waals surface area contributed by atoms with Crippen LogP contribution < -0.4 is 5.32 Å². The van der Waals surface area contributed by atoms with Gasteiger partial charge in [-0.25, -0.2) is 22.2 Å². The molecule has 0 unspecified atom stereocenters. The van der Waals surface area contributed by atoms with E-state index >= 15 is 0 Å². The highest BCUT2D eigenvalue weighted by molar-refractivity contribution is 8.15. The zero-order valence-electron chi connectivity index (χ0n) is 10.4. The molecule has 0 saturated heterocycles. The lowest BCUT2D eigenvalue weighted by Crippen LogP contribution is -2.13. The molecule has 0 aliphatic heterocycles. The van der Waals surface area contributed by atoms with Crippen LogP contribution in [0.4, 0.5) is 13.9 Å². The number of nitrogens with zero attached hydrogens (tertiary/aromatic N) is 1. The van der Waals surface area contributed by atoms with E-state index in [0.29, 0.717) is 17.4 Å². The smallest absolute Gasteiger partial charge is 0.272 e. The zero-order valence-corrected chi connectivity index (χ0v) is 12.7. The fraction of sp³-hybridized carbons (Fsp3) is 0.0909. The highest BCUT2D eigenvalue weighted by Crippen LogP contribution is 2.30. The Hall–Kier alpha value is -1.58. The first-order chi connectivity index (χ1) is 9.68. The van der Waals surface area contributed by atoms with Crippen molar-refractivity contribution < 1.29 is 22.0 Å². The van der Waals surface area contributed by atoms with Gasteiger partial charge in [0.25, 0.3) is 15.0 Å². The van der Waals surface area contributed by atoms with Crippen LogP contribution in [-0.4, -0.2) is 19.3 Å². The molecule has 2 rings (SSSR count). The fourth-order valence-electron chi connectivity index (χ4n) is 1.50. The molecule has 5 nitrogen and oxygen atoms in total. The van der Waals surface area contributed by atoms with E-state index in [9.17, 15) is 22.0 Å². The van der Waals surface area contributed by atoms with Gasteiger partial charge in [-0.05, 0) is 19.1 Å². The lowest BCUT2D eigenvalue weighted by atomic mass is 10.2. The van der Waals surface area contributed by atoms with E-state index in [1.165, 1.54) is 6.92 Å². The van der Waals surface area contributed by atoms with Crippen LogP contribution in [0.2, 0.25) is 0 Å². The van der Waals surface area contributed by atoms with Crippen LogP contribution in [0.5, 0.6) is 0 Å². The third-order valence-corrected chi connectivity index (χ3v) is 5.62. The van der Waals surface area contributed by atoms with Gasteiger partial charge in [-0.2, -0.15) is 0 Å². The molecule has 0 spiro atoms. The monoisotopic (exact) mass is 352 g/mol. The molecular formula is C11H7ClF2N2O3S2. The SMILES string of the molecule is Cc1nc(NC(=O)c2ccc(F)cc2F)sc1S(=O)(=O)Cl. The van der Waals surface area contributed by atoms with Crippen molar-refractivity contribution in [2.24, 2.45) is 0 Å². The van der Waals surface area contributed by atoms with E-state index in [-0.39, 0.29) is 20.6 Å². The summed E-state index contributed by atoms with van der Waals surface area (Å²) in [5.74, 6) is -2.73. The molecule has 112 valence electrons. The quantitative estimate of drug-likeness (QED) is 0.862. The van der Waals surface area contributed by atoms with Crippen LogP contribution >= 0.6 is 22.0 Å². The summed E-state index contributed by atoms with van der Waals surface area (Å²) < 4.78 is 48.5. The Morgan fingerprint density at radius 2 is 2.05 bits per heavy atom. The van der Waals surface area contributed by atoms with Gasteiger partial charge in [-0.15, -0.1) is 0 Å². The van der Waals surface area contributed by atoms with E-state index in [2.05, 4.69) is 10.3 Å². The van der Waals surface area contributed by atoms with Gasteiger partial charge < -0.3 is 0 Å². The van der Waals surface area contributed by atoms with Gasteiger partial charge in [0, 0.05) is 16.7 Å². The second-order valence-electron chi connectivity index (χ2n) is 3.91.